The van der Waals surface area contributed by atoms with Gasteiger partial charge in [-0.05, 0) is 38.7 Å². The molecule has 1 N–H and O–H groups in total. The minimum Gasteiger partial charge on any atom is -0.367 e. The number of nitrogens with zero attached hydrogens (tertiary/aromatic N) is 3. The van der Waals surface area contributed by atoms with Gasteiger partial charge in [0.2, 0.25) is 5.28 Å². The summed E-state index contributed by atoms with van der Waals surface area (Å²) in [6, 6.07) is 0. The van der Waals surface area contributed by atoms with Gasteiger partial charge < -0.3 is 10.2 Å². The molecule has 0 saturated carbocycles. The van der Waals surface area contributed by atoms with Crippen LogP contribution in [0.1, 0.15) is 6.42 Å². The SMILES string of the molecule is CN(C)CCCNc1nc(Cl)ncc1F. The molecule has 0 atom stereocenters. The lowest BCUT2D eigenvalue weighted by Crippen LogP contribution is -2.17. The molecule has 1 aromatic heterocycles. The fourth-order valence-electron chi connectivity index (χ4n) is 1.07. The van der Waals surface area contributed by atoms with E-state index in [1.54, 1.807) is 0 Å². The first kappa shape index (κ1) is 12.1. The van der Waals surface area contributed by atoms with Gasteiger partial charge in [0.15, 0.2) is 11.6 Å². The molecule has 0 aliphatic heterocycles. The maximum Gasteiger partial charge on any atom is 0.224 e. The van der Waals surface area contributed by atoms with Crippen molar-refractivity contribution in [3.05, 3.63) is 17.3 Å². The van der Waals surface area contributed by atoms with Crippen molar-refractivity contribution in [2.75, 3.05) is 32.5 Å². The number of hydrogen-bond donors (Lipinski definition) is 1. The second-order valence-electron chi connectivity index (χ2n) is 3.42. The summed E-state index contributed by atoms with van der Waals surface area (Å²) in [4.78, 5) is 9.33. The van der Waals surface area contributed by atoms with E-state index in [-0.39, 0.29) is 11.1 Å². The summed E-state index contributed by atoms with van der Waals surface area (Å²) in [7, 11) is 3.98. The van der Waals surface area contributed by atoms with Crippen LogP contribution < -0.4 is 5.32 Å². The van der Waals surface area contributed by atoms with Gasteiger partial charge in [0.1, 0.15) is 0 Å². The highest BCUT2D eigenvalue weighted by molar-refractivity contribution is 6.28. The Morgan fingerprint density at radius 1 is 1.53 bits per heavy atom. The van der Waals surface area contributed by atoms with E-state index in [2.05, 4.69) is 20.2 Å². The highest BCUT2D eigenvalue weighted by Crippen LogP contribution is 2.11. The van der Waals surface area contributed by atoms with Gasteiger partial charge in [-0.15, -0.1) is 0 Å². The van der Waals surface area contributed by atoms with Gasteiger partial charge in [0.05, 0.1) is 6.20 Å². The van der Waals surface area contributed by atoms with Crippen LogP contribution in [0, 0.1) is 5.82 Å². The first-order chi connectivity index (χ1) is 7.09. The van der Waals surface area contributed by atoms with Crippen molar-refractivity contribution in [2.45, 2.75) is 6.42 Å². The van der Waals surface area contributed by atoms with Crippen molar-refractivity contribution in [3.63, 3.8) is 0 Å². The van der Waals surface area contributed by atoms with Gasteiger partial charge in [0.25, 0.3) is 0 Å². The minimum absolute atomic E-state index is 0.0477. The predicted molar refractivity (Wildman–Crippen MR) is 58.7 cm³/mol. The fourth-order valence-corrected chi connectivity index (χ4v) is 1.20. The maximum atomic E-state index is 13.1. The van der Waals surface area contributed by atoms with Gasteiger partial charge in [-0.1, -0.05) is 0 Å². The monoisotopic (exact) mass is 232 g/mol. The van der Waals surface area contributed by atoms with Crippen LogP contribution in [0.4, 0.5) is 10.2 Å². The third-order valence-corrected chi connectivity index (χ3v) is 1.97. The van der Waals surface area contributed by atoms with E-state index in [9.17, 15) is 4.39 Å². The lowest BCUT2D eigenvalue weighted by Gasteiger charge is -2.10. The van der Waals surface area contributed by atoms with E-state index in [0.717, 1.165) is 19.2 Å². The van der Waals surface area contributed by atoms with E-state index >= 15 is 0 Å². The van der Waals surface area contributed by atoms with E-state index < -0.39 is 5.82 Å². The number of aromatic nitrogens is 2. The molecule has 0 aliphatic carbocycles. The quantitative estimate of drug-likeness (QED) is 0.619. The van der Waals surface area contributed by atoms with Crippen molar-refractivity contribution in [2.24, 2.45) is 0 Å². The second-order valence-corrected chi connectivity index (χ2v) is 3.76. The Kier molecular flexibility index (Phi) is 4.71. The number of nitrogens with one attached hydrogen (secondary N) is 1. The highest BCUT2D eigenvalue weighted by atomic mass is 35.5. The van der Waals surface area contributed by atoms with Crippen LogP contribution in [0.25, 0.3) is 0 Å². The molecule has 0 amide bonds. The van der Waals surface area contributed by atoms with Gasteiger partial charge in [-0.3, -0.25) is 0 Å². The molecule has 0 radical (unpaired) electrons. The third kappa shape index (κ3) is 4.40. The normalized spacial score (nSPS) is 10.7. The Labute approximate surface area is 93.5 Å². The number of anilines is 1. The third-order valence-electron chi connectivity index (χ3n) is 1.79. The molecule has 0 aromatic carbocycles. The largest absolute Gasteiger partial charge is 0.367 e. The number of halogens is 2. The topological polar surface area (TPSA) is 41.0 Å². The zero-order chi connectivity index (χ0) is 11.3. The van der Waals surface area contributed by atoms with Crippen LogP contribution in [0.15, 0.2) is 6.20 Å². The Balaban J connectivity index is 2.40. The highest BCUT2D eigenvalue weighted by Gasteiger charge is 2.04. The molecule has 15 heavy (non-hydrogen) atoms. The smallest absolute Gasteiger partial charge is 0.224 e. The van der Waals surface area contributed by atoms with Crippen LogP contribution >= 0.6 is 11.6 Å². The predicted octanol–water partition coefficient (Wildman–Crippen LogP) is 1.63. The molecule has 4 nitrogen and oxygen atoms in total. The summed E-state index contributed by atoms with van der Waals surface area (Å²) < 4.78 is 13.1. The number of rotatable bonds is 5. The summed E-state index contributed by atoms with van der Waals surface area (Å²) in [5.41, 5.74) is 0. The molecule has 0 saturated heterocycles. The Hall–Kier alpha value is -0.940. The van der Waals surface area contributed by atoms with Gasteiger partial charge in [-0.2, -0.15) is 4.98 Å². The van der Waals surface area contributed by atoms with Crippen LogP contribution in [-0.4, -0.2) is 42.1 Å². The lowest BCUT2D eigenvalue weighted by molar-refractivity contribution is 0.405. The first-order valence-corrected chi connectivity index (χ1v) is 5.04. The van der Waals surface area contributed by atoms with Crippen LogP contribution in [0.3, 0.4) is 0 Å². The standard InChI is InChI=1S/C9H14ClFN4/c1-15(2)5-3-4-12-8-7(11)6-13-9(10)14-8/h6H,3-5H2,1-2H3,(H,12,13,14). The van der Waals surface area contributed by atoms with Crippen molar-refractivity contribution < 1.29 is 4.39 Å². The summed E-state index contributed by atoms with van der Waals surface area (Å²) in [5.74, 6) is -0.321. The van der Waals surface area contributed by atoms with Crippen LogP contribution in [0.2, 0.25) is 5.28 Å². The molecule has 0 fully saturated rings. The molecule has 84 valence electrons. The molecular formula is C9H14ClFN4. The average Bonchev–Trinajstić information content (AvgIpc) is 2.17. The maximum absolute atomic E-state index is 13.1. The van der Waals surface area contributed by atoms with Crippen molar-refractivity contribution in [3.8, 4) is 0 Å². The van der Waals surface area contributed by atoms with Gasteiger partial charge in [0, 0.05) is 6.54 Å². The lowest BCUT2D eigenvalue weighted by atomic mass is 10.4. The Bertz CT molecular complexity index is 319. The summed E-state index contributed by atoms with van der Waals surface area (Å²) in [5, 5.41) is 2.92. The van der Waals surface area contributed by atoms with Gasteiger partial charge >= 0.3 is 0 Å². The van der Waals surface area contributed by atoms with E-state index in [1.165, 1.54) is 0 Å². The molecular weight excluding hydrogens is 219 g/mol. The summed E-state index contributed by atoms with van der Waals surface area (Å²) in [6.07, 6.45) is 1.97. The van der Waals surface area contributed by atoms with Crippen LogP contribution in [0.5, 0.6) is 0 Å². The molecule has 0 unspecified atom stereocenters. The zero-order valence-corrected chi connectivity index (χ0v) is 9.55. The van der Waals surface area contributed by atoms with Crippen molar-refractivity contribution >= 4 is 17.4 Å². The molecule has 0 aliphatic rings. The van der Waals surface area contributed by atoms with E-state index in [0.29, 0.717) is 6.54 Å². The Morgan fingerprint density at radius 2 is 2.27 bits per heavy atom. The molecule has 1 rings (SSSR count). The first-order valence-electron chi connectivity index (χ1n) is 4.66. The summed E-state index contributed by atoms with van der Waals surface area (Å²) in [6.45, 7) is 1.59. The summed E-state index contributed by atoms with van der Waals surface area (Å²) >= 11 is 5.54. The van der Waals surface area contributed by atoms with Crippen LogP contribution in [-0.2, 0) is 0 Å². The molecule has 1 aromatic rings. The van der Waals surface area contributed by atoms with Crippen molar-refractivity contribution in [1.29, 1.82) is 0 Å². The molecule has 0 spiro atoms. The van der Waals surface area contributed by atoms with Gasteiger partial charge in [-0.25, -0.2) is 9.37 Å². The number of hydrogen-bond acceptors (Lipinski definition) is 4. The molecule has 1 heterocycles. The minimum atomic E-state index is -0.482. The average molecular weight is 233 g/mol. The molecule has 0 bridgehead atoms. The second kappa shape index (κ2) is 5.82. The van der Waals surface area contributed by atoms with E-state index in [1.807, 2.05) is 14.1 Å². The fraction of sp³-hybridized carbons (Fsp3) is 0.556. The van der Waals surface area contributed by atoms with E-state index in [4.69, 9.17) is 11.6 Å². The molecule has 6 heteroatoms. The van der Waals surface area contributed by atoms with Crippen molar-refractivity contribution in [1.82, 2.24) is 14.9 Å². The Morgan fingerprint density at radius 3 is 2.93 bits per heavy atom. The zero-order valence-electron chi connectivity index (χ0n) is 8.80.